The number of hydrogen-bond donors (Lipinski definition) is 0. The highest BCUT2D eigenvalue weighted by atomic mass is 35.5. The van der Waals surface area contributed by atoms with Gasteiger partial charge < -0.3 is 0 Å². The zero-order chi connectivity index (χ0) is 13.0. The number of aromatic nitrogens is 2. The summed E-state index contributed by atoms with van der Waals surface area (Å²) in [6.07, 6.45) is 0. The van der Waals surface area contributed by atoms with Gasteiger partial charge in [-0.1, -0.05) is 67.5 Å². The zero-order valence-corrected chi connectivity index (χ0v) is 12.0. The van der Waals surface area contributed by atoms with E-state index in [2.05, 4.69) is 23.8 Å². The fourth-order valence-corrected chi connectivity index (χ4v) is 2.50. The van der Waals surface area contributed by atoms with Gasteiger partial charge in [0, 0.05) is 17.4 Å². The molecule has 1 aromatic carbocycles. The van der Waals surface area contributed by atoms with Gasteiger partial charge in [0.2, 0.25) is 0 Å². The maximum atomic E-state index is 6.05. The molecule has 0 aliphatic rings. The number of benzene rings is 1. The van der Waals surface area contributed by atoms with Crippen molar-refractivity contribution in [3.8, 4) is 11.3 Å². The van der Waals surface area contributed by atoms with E-state index in [4.69, 9.17) is 11.6 Å². The molecule has 0 fully saturated rings. The number of thioether (sulfide) groups is 1. The minimum atomic E-state index is 0.495. The van der Waals surface area contributed by atoms with Crippen LogP contribution in [0.2, 0.25) is 5.15 Å². The quantitative estimate of drug-likeness (QED) is 0.466. The molecule has 0 aliphatic heterocycles. The third-order valence-electron chi connectivity index (χ3n) is 2.29. The Hall–Kier alpha value is -1.06. The Bertz CT molecular complexity index is 514. The van der Waals surface area contributed by atoms with E-state index in [-0.39, 0.29) is 0 Å². The van der Waals surface area contributed by atoms with Crippen LogP contribution in [0.25, 0.3) is 11.3 Å². The van der Waals surface area contributed by atoms with Crippen LogP contribution in [0.5, 0.6) is 0 Å². The van der Waals surface area contributed by atoms with Crippen LogP contribution < -0.4 is 0 Å². The summed E-state index contributed by atoms with van der Waals surface area (Å²) in [5.41, 5.74) is 1.94. The molecule has 2 nitrogen and oxygen atoms in total. The fourth-order valence-electron chi connectivity index (χ4n) is 1.46. The molecule has 0 bridgehead atoms. The monoisotopic (exact) mass is 278 g/mol. The molecule has 4 heteroatoms. The summed E-state index contributed by atoms with van der Waals surface area (Å²) in [6.45, 7) is 4.35. The molecule has 18 heavy (non-hydrogen) atoms. The Morgan fingerprint density at radius 2 is 1.89 bits per heavy atom. The summed E-state index contributed by atoms with van der Waals surface area (Å²) in [4.78, 5) is 8.79. The summed E-state index contributed by atoms with van der Waals surface area (Å²) < 4.78 is 0. The second kappa shape index (κ2) is 6.21. The van der Waals surface area contributed by atoms with Gasteiger partial charge in [-0.3, -0.25) is 0 Å². The van der Waals surface area contributed by atoms with Crippen LogP contribution in [0.1, 0.15) is 13.8 Å². The minimum Gasteiger partial charge on any atom is -0.222 e. The first kappa shape index (κ1) is 13.4. The van der Waals surface area contributed by atoms with E-state index in [9.17, 15) is 0 Å². The van der Waals surface area contributed by atoms with E-state index in [0.29, 0.717) is 11.1 Å². The lowest BCUT2D eigenvalue weighted by atomic mass is 10.1. The maximum absolute atomic E-state index is 6.05. The van der Waals surface area contributed by atoms with Crippen LogP contribution >= 0.6 is 23.4 Å². The van der Waals surface area contributed by atoms with E-state index in [1.807, 2.05) is 30.3 Å². The topological polar surface area (TPSA) is 25.8 Å². The Morgan fingerprint density at radius 3 is 2.56 bits per heavy atom. The Kier molecular flexibility index (Phi) is 4.61. The normalized spacial score (nSPS) is 10.9. The highest BCUT2D eigenvalue weighted by Gasteiger charge is 2.06. The molecule has 0 unspecified atom stereocenters. The average molecular weight is 279 g/mol. The molecule has 1 heterocycles. The van der Waals surface area contributed by atoms with Crippen LogP contribution in [0, 0.1) is 5.92 Å². The van der Waals surface area contributed by atoms with E-state index >= 15 is 0 Å². The van der Waals surface area contributed by atoms with Crippen molar-refractivity contribution in [3.05, 3.63) is 41.6 Å². The highest BCUT2D eigenvalue weighted by Crippen LogP contribution is 2.24. The predicted octanol–water partition coefficient (Wildman–Crippen LogP) is 4.55. The standard InChI is InChI=1S/C14H15ClN2S/c1-10(2)9-18-14-16-12(8-13(15)17-14)11-6-4-3-5-7-11/h3-8,10H,9H2,1-2H3. The van der Waals surface area contributed by atoms with Gasteiger partial charge in [0.1, 0.15) is 5.15 Å². The van der Waals surface area contributed by atoms with Crippen molar-refractivity contribution < 1.29 is 0 Å². The molecule has 0 atom stereocenters. The van der Waals surface area contributed by atoms with Gasteiger partial charge in [-0.15, -0.1) is 0 Å². The van der Waals surface area contributed by atoms with Crippen molar-refractivity contribution in [1.82, 2.24) is 9.97 Å². The molecule has 0 saturated carbocycles. The first-order chi connectivity index (χ1) is 8.65. The van der Waals surface area contributed by atoms with E-state index in [0.717, 1.165) is 22.2 Å². The largest absolute Gasteiger partial charge is 0.222 e. The molecule has 0 amide bonds. The lowest BCUT2D eigenvalue weighted by Crippen LogP contribution is -1.95. The summed E-state index contributed by atoms with van der Waals surface area (Å²) in [7, 11) is 0. The predicted molar refractivity (Wildman–Crippen MR) is 78.0 cm³/mol. The molecule has 2 rings (SSSR count). The Labute approximate surface area is 117 Å². The summed E-state index contributed by atoms with van der Waals surface area (Å²) in [5, 5.41) is 1.24. The van der Waals surface area contributed by atoms with Crippen LogP contribution in [-0.2, 0) is 0 Å². The molecule has 94 valence electrons. The van der Waals surface area contributed by atoms with Gasteiger partial charge >= 0.3 is 0 Å². The molecular formula is C14H15ClN2S. The second-order valence-corrected chi connectivity index (χ2v) is 5.80. The van der Waals surface area contributed by atoms with Crippen LogP contribution in [0.4, 0.5) is 0 Å². The van der Waals surface area contributed by atoms with Gasteiger partial charge in [-0.05, 0) is 5.92 Å². The van der Waals surface area contributed by atoms with E-state index in [1.165, 1.54) is 0 Å². The van der Waals surface area contributed by atoms with Crippen LogP contribution in [-0.4, -0.2) is 15.7 Å². The molecule has 0 radical (unpaired) electrons. The lowest BCUT2D eigenvalue weighted by Gasteiger charge is -2.06. The van der Waals surface area contributed by atoms with Crippen molar-refractivity contribution in [1.29, 1.82) is 0 Å². The maximum Gasteiger partial charge on any atom is 0.189 e. The van der Waals surface area contributed by atoms with Gasteiger partial charge in [0.05, 0.1) is 5.69 Å². The van der Waals surface area contributed by atoms with Crippen molar-refractivity contribution in [3.63, 3.8) is 0 Å². The van der Waals surface area contributed by atoms with Gasteiger partial charge in [-0.2, -0.15) is 0 Å². The van der Waals surface area contributed by atoms with Crippen molar-refractivity contribution in [2.75, 3.05) is 5.75 Å². The molecule has 0 aliphatic carbocycles. The number of halogens is 1. The molecular weight excluding hydrogens is 264 g/mol. The fraction of sp³-hybridized carbons (Fsp3) is 0.286. The Balaban J connectivity index is 2.27. The van der Waals surface area contributed by atoms with Crippen molar-refractivity contribution in [2.45, 2.75) is 19.0 Å². The number of nitrogens with zero attached hydrogens (tertiary/aromatic N) is 2. The number of rotatable bonds is 4. The molecule has 0 saturated heterocycles. The summed E-state index contributed by atoms with van der Waals surface area (Å²) in [6, 6.07) is 11.8. The first-order valence-electron chi connectivity index (χ1n) is 5.88. The molecule has 0 spiro atoms. The molecule has 1 aromatic heterocycles. The van der Waals surface area contributed by atoms with Crippen LogP contribution in [0.3, 0.4) is 0 Å². The summed E-state index contributed by atoms with van der Waals surface area (Å²) in [5.74, 6) is 1.60. The zero-order valence-electron chi connectivity index (χ0n) is 10.4. The summed E-state index contributed by atoms with van der Waals surface area (Å²) >= 11 is 7.70. The minimum absolute atomic E-state index is 0.495. The van der Waals surface area contributed by atoms with Gasteiger partial charge in [0.15, 0.2) is 5.16 Å². The highest BCUT2D eigenvalue weighted by molar-refractivity contribution is 7.99. The lowest BCUT2D eigenvalue weighted by molar-refractivity contribution is 0.748. The van der Waals surface area contributed by atoms with Crippen LogP contribution in [0.15, 0.2) is 41.6 Å². The third kappa shape index (κ3) is 3.72. The third-order valence-corrected chi connectivity index (χ3v) is 3.76. The molecule has 0 N–H and O–H groups in total. The van der Waals surface area contributed by atoms with E-state index in [1.54, 1.807) is 17.8 Å². The van der Waals surface area contributed by atoms with Gasteiger partial charge in [-0.25, -0.2) is 9.97 Å². The van der Waals surface area contributed by atoms with Crippen molar-refractivity contribution >= 4 is 23.4 Å². The first-order valence-corrected chi connectivity index (χ1v) is 7.24. The number of hydrogen-bond acceptors (Lipinski definition) is 3. The average Bonchev–Trinajstić information content (AvgIpc) is 2.37. The SMILES string of the molecule is CC(C)CSc1nc(Cl)cc(-c2ccccc2)n1. The smallest absolute Gasteiger partial charge is 0.189 e. The van der Waals surface area contributed by atoms with Gasteiger partial charge in [0.25, 0.3) is 0 Å². The second-order valence-electron chi connectivity index (χ2n) is 4.43. The Morgan fingerprint density at radius 1 is 1.17 bits per heavy atom. The van der Waals surface area contributed by atoms with E-state index < -0.39 is 0 Å². The van der Waals surface area contributed by atoms with Crippen molar-refractivity contribution in [2.24, 2.45) is 5.92 Å². The molecule has 2 aromatic rings.